The lowest BCUT2D eigenvalue weighted by atomic mass is 10.0. The quantitative estimate of drug-likeness (QED) is 0.176. The first kappa shape index (κ1) is 24.5. The Bertz CT molecular complexity index is 955. The molecule has 2 aromatic carbocycles. The van der Waals surface area contributed by atoms with Gasteiger partial charge in [-0.1, -0.05) is 35.6 Å². The number of nitrogens with one attached hydrogen (secondary N) is 2. The van der Waals surface area contributed by atoms with Crippen molar-refractivity contribution in [3.63, 3.8) is 0 Å². The van der Waals surface area contributed by atoms with Crippen LogP contribution in [-0.2, 0) is 11.2 Å². The average molecular weight is 474 g/mol. The second kappa shape index (κ2) is 12.2. The number of aryl methyl sites for hydroxylation is 1. The van der Waals surface area contributed by atoms with Gasteiger partial charge in [0.25, 0.3) is 5.19 Å². The van der Waals surface area contributed by atoms with Gasteiger partial charge in [-0.15, -0.1) is 12.4 Å². The number of rotatable bonds is 12. The second-order valence-corrected chi connectivity index (χ2v) is 9.08. The number of benzene rings is 2. The zero-order chi connectivity index (χ0) is 21.5. The third-order valence-electron chi connectivity index (χ3n) is 5.64. The van der Waals surface area contributed by atoms with E-state index in [1.54, 1.807) is 11.3 Å². The van der Waals surface area contributed by atoms with E-state index in [4.69, 9.17) is 14.9 Å². The fraction of sp³-hybridized carbons (Fsp3) is 0.440. The molecule has 1 saturated carbocycles. The summed E-state index contributed by atoms with van der Waals surface area (Å²) in [5.74, 6) is 2.05. The lowest BCUT2D eigenvalue weighted by Crippen LogP contribution is -2.32. The van der Waals surface area contributed by atoms with Crippen LogP contribution in [0.1, 0.15) is 44.6 Å². The van der Waals surface area contributed by atoms with E-state index in [9.17, 15) is 0 Å². The summed E-state index contributed by atoms with van der Waals surface area (Å²) < 4.78 is 12.3. The molecule has 0 amide bonds. The summed E-state index contributed by atoms with van der Waals surface area (Å²) in [4.78, 5) is 4.54. The first-order chi connectivity index (χ1) is 15.2. The molecular formula is C25H32ClN3O2S. The Morgan fingerprint density at radius 2 is 1.97 bits per heavy atom. The van der Waals surface area contributed by atoms with Gasteiger partial charge in [-0.3, -0.25) is 5.41 Å². The Balaban J connectivity index is 0.00000289. The highest BCUT2D eigenvalue weighted by atomic mass is 35.5. The fourth-order valence-corrected chi connectivity index (χ4v) is 4.66. The molecule has 172 valence electrons. The van der Waals surface area contributed by atoms with Crippen molar-refractivity contribution in [1.29, 1.82) is 5.41 Å². The molecule has 3 aromatic rings. The van der Waals surface area contributed by atoms with E-state index in [1.165, 1.54) is 18.4 Å². The Morgan fingerprint density at radius 1 is 1.19 bits per heavy atom. The van der Waals surface area contributed by atoms with E-state index in [2.05, 4.69) is 28.5 Å². The van der Waals surface area contributed by atoms with Gasteiger partial charge in [-0.2, -0.15) is 0 Å². The van der Waals surface area contributed by atoms with E-state index in [0.29, 0.717) is 30.2 Å². The largest absolute Gasteiger partial charge is 0.481 e. The third kappa shape index (κ3) is 7.19. The average Bonchev–Trinajstić information content (AvgIpc) is 3.53. The molecule has 1 heterocycles. The third-order valence-corrected chi connectivity index (χ3v) is 6.56. The van der Waals surface area contributed by atoms with Crippen LogP contribution in [0.3, 0.4) is 0 Å². The monoisotopic (exact) mass is 473 g/mol. The summed E-state index contributed by atoms with van der Waals surface area (Å²) in [6.07, 6.45) is 6.55. The Morgan fingerprint density at radius 3 is 2.69 bits per heavy atom. The van der Waals surface area contributed by atoms with Crippen LogP contribution in [0.4, 0.5) is 0 Å². The zero-order valence-corrected chi connectivity index (χ0v) is 20.1. The number of halogens is 1. The number of aromatic nitrogens is 1. The molecule has 32 heavy (non-hydrogen) atoms. The lowest BCUT2D eigenvalue weighted by molar-refractivity contribution is 0.311. The van der Waals surface area contributed by atoms with Gasteiger partial charge in [0.15, 0.2) is 5.90 Å². The summed E-state index contributed by atoms with van der Waals surface area (Å²) in [7, 11) is 0. The van der Waals surface area contributed by atoms with Crippen LogP contribution >= 0.6 is 23.7 Å². The molecule has 1 unspecified atom stereocenters. The van der Waals surface area contributed by atoms with E-state index in [0.717, 1.165) is 47.7 Å². The smallest absolute Gasteiger partial charge is 0.279 e. The first-order valence-corrected chi connectivity index (χ1v) is 12.1. The van der Waals surface area contributed by atoms with Gasteiger partial charge >= 0.3 is 0 Å². The molecule has 0 radical (unpaired) electrons. The standard InChI is InChI=1S/C25H31N3O2S.ClH/c1-2-29-24(26)8-5-17-27-21(19-12-13-19)16-11-18-9-14-20(15-10-18)30-25-28-22-6-3-4-7-23(22)31-25;/h3-4,6-7,9-10,14-15,19,21,26-27H,2,5,8,11-13,16-17H2,1H3;1H. The number of hydrogen-bond donors (Lipinski definition) is 2. The van der Waals surface area contributed by atoms with Crippen molar-refractivity contribution in [2.24, 2.45) is 5.92 Å². The summed E-state index contributed by atoms with van der Waals surface area (Å²) >= 11 is 1.57. The molecule has 2 N–H and O–H groups in total. The molecule has 1 fully saturated rings. The molecule has 1 aliphatic carbocycles. The normalized spacial score (nSPS) is 14.0. The number of para-hydroxylation sites is 1. The van der Waals surface area contributed by atoms with Crippen LogP contribution < -0.4 is 10.1 Å². The maximum absolute atomic E-state index is 7.72. The number of fused-ring (bicyclic) bond motifs is 1. The van der Waals surface area contributed by atoms with Gasteiger partial charge < -0.3 is 14.8 Å². The number of ether oxygens (including phenoxy) is 2. The molecule has 4 rings (SSSR count). The fourth-order valence-electron chi connectivity index (χ4n) is 3.83. The summed E-state index contributed by atoms with van der Waals surface area (Å²) in [5.41, 5.74) is 2.31. The predicted molar refractivity (Wildman–Crippen MR) is 135 cm³/mol. The van der Waals surface area contributed by atoms with Crippen molar-refractivity contribution in [3.8, 4) is 10.9 Å². The van der Waals surface area contributed by atoms with Gasteiger partial charge in [0.05, 0.1) is 16.8 Å². The van der Waals surface area contributed by atoms with Crippen molar-refractivity contribution in [1.82, 2.24) is 10.3 Å². The molecule has 0 saturated heterocycles. The molecule has 1 aromatic heterocycles. The summed E-state index contributed by atoms with van der Waals surface area (Å²) in [6.45, 7) is 3.46. The zero-order valence-electron chi connectivity index (χ0n) is 18.5. The molecular weight excluding hydrogens is 442 g/mol. The minimum atomic E-state index is 0. The minimum Gasteiger partial charge on any atom is -0.481 e. The van der Waals surface area contributed by atoms with Gasteiger partial charge in [-0.25, -0.2) is 4.98 Å². The topological polar surface area (TPSA) is 67.2 Å². The highest BCUT2D eigenvalue weighted by Gasteiger charge is 2.30. The van der Waals surface area contributed by atoms with Crippen LogP contribution in [-0.4, -0.2) is 30.1 Å². The van der Waals surface area contributed by atoms with Gasteiger partial charge in [0.1, 0.15) is 5.75 Å². The van der Waals surface area contributed by atoms with Crippen molar-refractivity contribution in [3.05, 3.63) is 54.1 Å². The van der Waals surface area contributed by atoms with Gasteiger partial charge in [0, 0.05) is 12.5 Å². The maximum Gasteiger partial charge on any atom is 0.279 e. The molecule has 5 nitrogen and oxygen atoms in total. The van der Waals surface area contributed by atoms with Crippen LogP contribution in [0.15, 0.2) is 48.5 Å². The van der Waals surface area contributed by atoms with Crippen LogP contribution in [0.25, 0.3) is 10.2 Å². The second-order valence-electron chi connectivity index (χ2n) is 8.09. The highest BCUT2D eigenvalue weighted by Crippen LogP contribution is 2.35. The first-order valence-electron chi connectivity index (χ1n) is 11.3. The van der Waals surface area contributed by atoms with E-state index in [-0.39, 0.29) is 12.4 Å². The molecule has 0 bridgehead atoms. The molecule has 0 spiro atoms. The Hall–Kier alpha value is -2.15. The van der Waals surface area contributed by atoms with Crippen molar-refractivity contribution in [2.75, 3.05) is 13.2 Å². The van der Waals surface area contributed by atoms with Gasteiger partial charge in [-0.05, 0) is 81.3 Å². The van der Waals surface area contributed by atoms with Crippen molar-refractivity contribution >= 4 is 39.9 Å². The predicted octanol–water partition coefficient (Wildman–Crippen LogP) is 6.61. The Kier molecular flexibility index (Phi) is 9.33. The number of hydrogen-bond acceptors (Lipinski definition) is 6. The summed E-state index contributed by atoms with van der Waals surface area (Å²) in [6, 6.07) is 17.1. The lowest BCUT2D eigenvalue weighted by Gasteiger charge is -2.18. The van der Waals surface area contributed by atoms with Crippen LogP contribution in [0.5, 0.6) is 10.9 Å². The number of thiazole rings is 1. The maximum atomic E-state index is 7.72. The van der Waals surface area contributed by atoms with Crippen LogP contribution in [0.2, 0.25) is 0 Å². The minimum absolute atomic E-state index is 0. The van der Waals surface area contributed by atoms with E-state index >= 15 is 0 Å². The highest BCUT2D eigenvalue weighted by molar-refractivity contribution is 7.20. The SMILES string of the molecule is CCOC(=N)CCCNC(CCc1ccc(Oc2nc3ccccc3s2)cc1)C1CC1.Cl. The molecule has 7 heteroatoms. The molecule has 0 aliphatic heterocycles. The van der Waals surface area contributed by atoms with E-state index < -0.39 is 0 Å². The molecule has 1 atom stereocenters. The molecule has 1 aliphatic rings. The summed E-state index contributed by atoms with van der Waals surface area (Å²) in [5, 5.41) is 12.1. The van der Waals surface area contributed by atoms with Crippen molar-refractivity contribution in [2.45, 2.75) is 51.5 Å². The van der Waals surface area contributed by atoms with Crippen molar-refractivity contribution < 1.29 is 9.47 Å². The van der Waals surface area contributed by atoms with Crippen LogP contribution in [0, 0.1) is 11.3 Å². The Labute approximate surface area is 200 Å². The van der Waals surface area contributed by atoms with E-state index in [1.807, 2.05) is 37.3 Å². The van der Waals surface area contributed by atoms with Gasteiger partial charge in [0.2, 0.25) is 0 Å². The number of nitrogens with zero attached hydrogens (tertiary/aromatic N) is 1.